The molecule has 3 fully saturated rings. The average Bonchev–Trinajstić information content (AvgIpc) is 2.40. The summed E-state index contributed by atoms with van der Waals surface area (Å²) in [5.74, 6) is 1.78. The highest BCUT2D eigenvalue weighted by molar-refractivity contribution is 5.52. The minimum absolute atomic E-state index is 0.247. The second-order valence-electron chi connectivity index (χ2n) is 4.66. The minimum Gasteiger partial charge on any atom is -0.364 e. The van der Waals surface area contributed by atoms with Gasteiger partial charge in [-0.2, -0.15) is 4.39 Å². The Kier molecular flexibility index (Phi) is 2.49. The van der Waals surface area contributed by atoms with Gasteiger partial charge in [0, 0.05) is 25.2 Å². The molecule has 0 spiro atoms. The van der Waals surface area contributed by atoms with Crippen molar-refractivity contribution in [3.05, 3.63) is 23.8 Å². The first-order valence-electron chi connectivity index (χ1n) is 5.90. The van der Waals surface area contributed by atoms with E-state index in [0.29, 0.717) is 12.1 Å². The molecule has 3 aliphatic heterocycles. The first kappa shape index (κ1) is 10.5. The van der Waals surface area contributed by atoms with Crippen molar-refractivity contribution in [1.29, 1.82) is 0 Å². The van der Waals surface area contributed by atoms with Gasteiger partial charge in [0.05, 0.1) is 17.4 Å². The molecule has 0 aliphatic carbocycles. The molecule has 4 heteroatoms. The van der Waals surface area contributed by atoms with Crippen LogP contribution in [0.15, 0.2) is 12.3 Å². The Bertz CT molecular complexity index is 472. The van der Waals surface area contributed by atoms with Gasteiger partial charge in [0.2, 0.25) is 5.95 Å². The van der Waals surface area contributed by atoms with Gasteiger partial charge >= 0.3 is 0 Å². The number of rotatable bonds is 1. The number of pyridine rings is 1. The number of hydrogen-bond donors (Lipinski definition) is 1. The minimum atomic E-state index is -0.559. The fourth-order valence-electron chi connectivity index (χ4n) is 2.72. The normalized spacial score (nSPS) is 26.9. The number of nitrogens with one attached hydrogen (secondary N) is 1. The highest BCUT2D eigenvalue weighted by atomic mass is 19.1. The molecule has 4 heterocycles. The molecule has 17 heavy (non-hydrogen) atoms. The molecule has 2 bridgehead atoms. The standard InChI is InChI=1S/C13H14FN3/c1-2-9-5-12(7-16-13(9)14)17-8-10-3-4-11(17)6-15-10/h1,5,7,10-11,15H,3-4,6,8H2/t10-,11-/m0/s1. The molecule has 2 atom stereocenters. The van der Waals surface area contributed by atoms with Crippen LogP contribution >= 0.6 is 0 Å². The Balaban J connectivity index is 1.92. The van der Waals surface area contributed by atoms with E-state index in [1.165, 1.54) is 12.8 Å². The molecule has 3 nitrogen and oxygen atoms in total. The van der Waals surface area contributed by atoms with Gasteiger partial charge < -0.3 is 10.2 Å². The van der Waals surface area contributed by atoms with E-state index in [0.717, 1.165) is 18.8 Å². The summed E-state index contributed by atoms with van der Waals surface area (Å²) >= 11 is 0. The van der Waals surface area contributed by atoms with E-state index < -0.39 is 5.95 Å². The van der Waals surface area contributed by atoms with Gasteiger partial charge in [0.15, 0.2) is 0 Å². The van der Waals surface area contributed by atoms with Gasteiger partial charge in [0.25, 0.3) is 0 Å². The first-order valence-corrected chi connectivity index (χ1v) is 5.90. The summed E-state index contributed by atoms with van der Waals surface area (Å²) in [5.41, 5.74) is 1.19. The predicted octanol–water partition coefficient (Wildman–Crippen LogP) is 1.14. The summed E-state index contributed by atoms with van der Waals surface area (Å²) in [6.45, 7) is 1.95. The lowest BCUT2D eigenvalue weighted by Crippen LogP contribution is -2.61. The van der Waals surface area contributed by atoms with Gasteiger partial charge in [-0.05, 0) is 18.9 Å². The number of halogens is 1. The number of piperidine rings is 2. The first-order chi connectivity index (χ1) is 8.28. The maximum absolute atomic E-state index is 13.2. The second kappa shape index (κ2) is 4.01. The number of terminal acetylenes is 1. The van der Waals surface area contributed by atoms with Gasteiger partial charge in [0.1, 0.15) is 0 Å². The maximum atomic E-state index is 13.2. The summed E-state index contributed by atoms with van der Waals surface area (Å²) in [5, 5.41) is 3.48. The fourth-order valence-corrected chi connectivity index (χ4v) is 2.72. The smallest absolute Gasteiger partial charge is 0.228 e. The third kappa shape index (κ3) is 1.77. The van der Waals surface area contributed by atoms with Crippen LogP contribution in [0.1, 0.15) is 18.4 Å². The van der Waals surface area contributed by atoms with Crippen LogP contribution in [0, 0.1) is 18.3 Å². The number of anilines is 1. The Labute approximate surface area is 100 Å². The number of piperazine rings is 1. The van der Waals surface area contributed by atoms with Crippen LogP contribution in [-0.2, 0) is 0 Å². The Morgan fingerprint density at radius 3 is 3.00 bits per heavy atom. The monoisotopic (exact) mass is 231 g/mol. The number of aromatic nitrogens is 1. The zero-order chi connectivity index (χ0) is 11.8. The predicted molar refractivity (Wildman–Crippen MR) is 64.3 cm³/mol. The van der Waals surface area contributed by atoms with Gasteiger partial charge in [-0.3, -0.25) is 0 Å². The molecule has 0 unspecified atom stereocenters. The molecular weight excluding hydrogens is 217 g/mol. The van der Waals surface area contributed by atoms with E-state index in [9.17, 15) is 4.39 Å². The Hall–Kier alpha value is -1.60. The van der Waals surface area contributed by atoms with Gasteiger partial charge in [-0.1, -0.05) is 5.92 Å². The largest absolute Gasteiger partial charge is 0.364 e. The molecule has 1 N–H and O–H groups in total. The van der Waals surface area contributed by atoms with Crippen LogP contribution in [0.25, 0.3) is 0 Å². The summed E-state index contributed by atoms with van der Waals surface area (Å²) in [7, 11) is 0. The van der Waals surface area contributed by atoms with Crippen LogP contribution in [0.2, 0.25) is 0 Å². The van der Waals surface area contributed by atoms with Crippen LogP contribution in [0.5, 0.6) is 0 Å². The van der Waals surface area contributed by atoms with Crippen LogP contribution in [0.4, 0.5) is 10.1 Å². The van der Waals surface area contributed by atoms with Crippen molar-refractivity contribution in [3.63, 3.8) is 0 Å². The van der Waals surface area contributed by atoms with E-state index in [4.69, 9.17) is 6.42 Å². The number of nitrogens with zero attached hydrogens (tertiary/aromatic N) is 2. The van der Waals surface area contributed by atoms with E-state index in [1.54, 1.807) is 12.3 Å². The van der Waals surface area contributed by atoms with E-state index in [1.807, 2.05) is 0 Å². The van der Waals surface area contributed by atoms with Crippen molar-refractivity contribution in [1.82, 2.24) is 10.3 Å². The SMILES string of the molecule is C#Cc1cc(N2C[C@@H]3CC[C@H]2CN3)cnc1F. The highest BCUT2D eigenvalue weighted by Gasteiger charge is 2.33. The second-order valence-corrected chi connectivity index (χ2v) is 4.66. The molecule has 1 aromatic rings. The number of fused-ring (bicyclic) bond motifs is 3. The third-order valence-corrected chi connectivity index (χ3v) is 3.66. The highest BCUT2D eigenvalue weighted by Crippen LogP contribution is 2.28. The molecule has 3 saturated heterocycles. The van der Waals surface area contributed by atoms with E-state index in [2.05, 4.69) is 21.1 Å². The molecule has 0 amide bonds. The molecule has 1 aromatic heterocycles. The Morgan fingerprint density at radius 2 is 2.41 bits per heavy atom. The average molecular weight is 231 g/mol. The van der Waals surface area contributed by atoms with Crippen molar-refractivity contribution in [2.75, 3.05) is 18.0 Å². The van der Waals surface area contributed by atoms with Crippen molar-refractivity contribution < 1.29 is 4.39 Å². The molecule has 0 radical (unpaired) electrons. The van der Waals surface area contributed by atoms with Crippen molar-refractivity contribution in [3.8, 4) is 12.3 Å². The molecule has 88 valence electrons. The Morgan fingerprint density at radius 1 is 1.53 bits per heavy atom. The molecule has 0 aromatic carbocycles. The maximum Gasteiger partial charge on any atom is 0.228 e. The molecular formula is C13H14FN3. The van der Waals surface area contributed by atoms with E-state index >= 15 is 0 Å². The zero-order valence-electron chi connectivity index (χ0n) is 9.49. The molecule has 3 aliphatic rings. The zero-order valence-corrected chi connectivity index (χ0v) is 9.49. The van der Waals surface area contributed by atoms with Gasteiger partial charge in [-0.15, -0.1) is 6.42 Å². The number of hydrogen-bond acceptors (Lipinski definition) is 3. The quantitative estimate of drug-likeness (QED) is 0.580. The lowest BCUT2D eigenvalue weighted by atomic mass is 9.92. The summed E-state index contributed by atoms with van der Waals surface area (Å²) in [4.78, 5) is 6.03. The van der Waals surface area contributed by atoms with Crippen LogP contribution in [-0.4, -0.2) is 30.2 Å². The van der Waals surface area contributed by atoms with E-state index in [-0.39, 0.29) is 5.56 Å². The van der Waals surface area contributed by atoms with Gasteiger partial charge in [-0.25, -0.2) is 4.98 Å². The summed E-state index contributed by atoms with van der Waals surface area (Å²) < 4.78 is 13.2. The van der Waals surface area contributed by atoms with Crippen LogP contribution < -0.4 is 10.2 Å². The molecule has 4 rings (SSSR count). The summed E-state index contributed by atoms with van der Waals surface area (Å²) in [6, 6.07) is 2.75. The van der Waals surface area contributed by atoms with Crippen molar-refractivity contribution >= 4 is 5.69 Å². The summed E-state index contributed by atoms with van der Waals surface area (Å²) in [6.07, 6.45) is 9.25. The lowest BCUT2D eigenvalue weighted by Gasteiger charge is -2.47. The van der Waals surface area contributed by atoms with Crippen molar-refractivity contribution in [2.24, 2.45) is 0 Å². The third-order valence-electron chi connectivity index (χ3n) is 3.66. The van der Waals surface area contributed by atoms with Crippen molar-refractivity contribution in [2.45, 2.75) is 24.9 Å². The molecule has 0 saturated carbocycles. The lowest BCUT2D eigenvalue weighted by molar-refractivity contribution is 0.290. The topological polar surface area (TPSA) is 28.2 Å². The van der Waals surface area contributed by atoms with Crippen LogP contribution in [0.3, 0.4) is 0 Å². The fraction of sp³-hybridized carbons (Fsp3) is 0.462.